The lowest BCUT2D eigenvalue weighted by atomic mass is 10.1. The van der Waals surface area contributed by atoms with Gasteiger partial charge in [0.1, 0.15) is 0 Å². The molecule has 0 bridgehead atoms. The topological polar surface area (TPSA) is 89.8 Å². The minimum Gasteiger partial charge on any atom is -0.505 e. The Morgan fingerprint density at radius 1 is 1.45 bits per heavy atom. The normalized spacial score (nSPS) is 11.4. The second-order valence-electron chi connectivity index (χ2n) is 4.30. The molecule has 0 saturated carbocycles. The number of halogens is 1. The van der Waals surface area contributed by atoms with E-state index in [9.17, 15) is 9.50 Å². The number of hydrogen-bond acceptors (Lipinski definition) is 4. The van der Waals surface area contributed by atoms with Gasteiger partial charge in [-0.15, -0.1) is 0 Å². The maximum atomic E-state index is 12.8. The summed E-state index contributed by atoms with van der Waals surface area (Å²) in [5.74, 6) is -1.93. The Bertz CT molecular complexity index is 408. The molecule has 0 aliphatic carbocycles. The first kappa shape index (κ1) is 18.3. The van der Waals surface area contributed by atoms with Gasteiger partial charge in [-0.3, -0.25) is 4.79 Å². The van der Waals surface area contributed by atoms with Crippen molar-refractivity contribution in [2.45, 2.75) is 32.8 Å². The number of aliphatic carboxylic acids is 1. The van der Waals surface area contributed by atoms with Gasteiger partial charge in [-0.25, -0.2) is 4.39 Å². The van der Waals surface area contributed by atoms with Gasteiger partial charge in [0.25, 0.3) is 5.97 Å². The summed E-state index contributed by atoms with van der Waals surface area (Å²) in [5, 5.41) is 29.4. The third-order valence-corrected chi connectivity index (χ3v) is 2.40. The highest BCUT2D eigenvalue weighted by Gasteiger charge is 2.09. The zero-order chi connectivity index (χ0) is 15.5. The van der Waals surface area contributed by atoms with Gasteiger partial charge in [0.2, 0.25) is 0 Å². The molecule has 20 heavy (non-hydrogen) atoms. The van der Waals surface area contributed by atoms with Crippen molar-refractivity contribution in [3.05, 3.63) is 29.6 Å². The van der Waals surface area contributed by atoms with Crippen LogP contribution in [0.3, 0.4) is 0 Å². The van der Waals surface area contributed by atoms with Crippen LogP contribution in [-0.4, -0.2) is 34.4 Å². The van der Waals surface area contributed by atoms with Gasteiger partial charge in [0.05, 0.1) is 6.10 Å². The van der Waals surface area contributed by atoms with Crippen LogP contribution in [0.2, 0.25) is 0 Å². The van der Waals surface area contributed by atoms with Crippen LogP contribution in [0.5, 0.6) is 5.75 Å². The summed E-state index contributed by atoms with van der Waals surface area (Å²) in [4.78, 5) is 9.00. The molecule has 0 fully saturated rings. The van der Waals surface area contributed by atoms with Crippen molar-refractivity contribution in [1.29, 1.82) is 0 Å². The number of phenolic OH excluding ortho intramolecular Hbond substituents is 1. The van der Waals surface area contributed by atoms with E-state index in [0.717, 1.165) is 32.4 Å². The number of rotatable bonds is 6. The maximum Gasteiger partial charge on any atom is 0.300 e. The Balaban J connectivity index is 0.000000796. The van der Waals surface area contributed by atoms with Gasteiger partial charge in [0, 0.05) is 13.5 Å². The number of hydrogen-bond donors (Lipinski definition) is 4. The molecule has 0 spiro atoms. The molecular formula is C14H22FNO4. The van der Waals surface area contributed by atoms with Crippen LogP contribution < -0.4 is 5.32 Å². The molecule has 5 nitrogen and oxygen atoms in total. The third kappa shape index (κ3) is 8.44. The number of aliphatic hydroxyl groups excluding tert-OH is 1. The van der Waals surface area contributed by atoms with Gasteiger partial charge in [0.15, 0.2) is 11.6 Å². The number of phenols is 1. The number of nitrogens with one attached hydrogen (secondary N) is 1. The molecule has 0 aromatic heterocycles. The second kappa shape index (κ2) is 10.2. The zero-order valence-corrected chi connectivity index (χ0v) is 11.8. The van der Waals surface area contributed by atoms with Crippen LogP contribution >= 0.6 is 0 Å². The molecule has 1 aromatic carbocycles. The molecule has 1 aromatic rings. The zero-order valence-electron chi connectivity index (χ0n) is 11.8. The largest absolute Gasteiger partial charge is 0.505 e. The third-order valence-electron chi connectivity index (χ3n) is 2.40. The van der Waals surface area contributed by atoms with E-state index in [1.165, 1.54) is 12.1 Å². The van der Waals surface area contributed by atoms with Crippen molar-refractivity contribution in [2.75, 3.05) is 13.1 Å². The predicted octanol–water partition coefficient (Wildman–Crippen LogP) is 2.05. The molecule has 0 aliphatic heterocycles. The van der Waals surface area contributed by atoms with Crippen molar-refractivity contribution in [2.24, 2.45) is 0 Å². The highest BCUT2D eigenvalue weighted by molar-refractivity contribution is 5.62. The Labute approximate surface area is 118 Å². The van der Waals surface area contributed by atoms with Crippen LogP contribution in [0.1, 0.15) is 38.4 Å². The molecule has 0 radical (unpaired) electrons. The molecule has 1 rings (SSSR count). The van der Waals surface area contributed by atoms with Gasteiger partial charge in [-0.2, -0.15) is 0 Å². The van der Waals surface area contributed by atoms with Gasteiger partial charge < -0.3 is 20.6 Å². The highest BCUT2D eigenvalue weighted by Crippen LogP contribution is 2.21. The minimum absolute atomic E-state index is 0.408. The summed E-state index contributed by atoms with van der Waals surface area (Å²) >= 11 is 0. The van der Waals surface area contributed by atoms with Gasteiger partial charge >= 0.3 is 0 Å². The summed E-state index contributed by atoms with van der Waals surface area (Å²) in [5.41, 5.74) is 0.517. The van der Waals surface area contributed by atoms with E-state index >= 15 is 0 Å². The van der Waals surface area contributed by atoms with E-state index in [0.29, 0.717) is 12.1 Å². The Hall–Kier alpha value is -1.66. The Kier molecular flexibility index (Phi) is 9.32. The lowest BCUT2D eigenvalue weighted by molar-refractivity contribution is -0.134. The molecule has 1 atom stereocenters. The van der Waals surface area contributed by atoms with Crippen molar-refractivity contribution in [3.8, 4) is 5.75 Å². The molecular weight excluding hydrogens is 265 g/mol. The fourth-order valence-corrected chi connectivity index (χ4v) is 1.40. The minimum atomic E-state index is -0.833. The Morgan fingerprint density at radius 3 is 2.55 bits per heavy atom. The summed E-state index contributed by atoms with van der Waals surface area (Å²) in [6.07, 6.45) is 1.44. The quantitative estimate of drug-likeness (QED) is 0.601. The van der Waals surface area contributed by atoms with Crippen LogP contribution in [0, 0.1) is 5.82 Å². The number of carboxylic acids is 1. The van der Waals surface area contributed by atoms with Crippen LogP contribution in [-0.2, 0) is 4.79 Å². The van der Waals surface area contributed by atoms with Crippen molar-refractivity contribution < 1.29 is 24.5 Å². The highest BCUT2D eigenvalue weighted by atomic mass is 19.1. The van der Waals surface area contributed by atoms with E-state index in [1.54, 1.807) is 0 Å². The second-order valence-corrected chi connectivity index (χ2v) is 4.30. The van der Waals surface area contributed by atoms with E-state index in [2.05, 4.69) is 12.2 Å². The fourth-order valence-electron chi connectivity index (χ4n) is 1.40. The number of aliphatic hydroxyl groups is 1. The molecule has 0 saturated heterocycles. The molecule has 4 N–H and O–H groups in total. The first-order chi connectivity index (χ1) is 9.38. The van der Waals surface area contributed by atoms with Crippen molar-refractivity contribution in [3.63, 3.8) is 0 Å². The number of unbranched alkanes of at least 4 members (excludes halogenated alkanes) is 1. The standard InChI is InChI=1S/C12H18FNO2.C2H4O2/c1-2-3-6-14-8-12(16)9-4-5-10(13)11(15)7-9;1-2(3)4/h4-5,7,12,14-16H,2-3,6,8H2,1H3;1H3,(H,3,4). The predicted molar refractivity (Wildman–Crippen MR) is 74.1 cm³/mol. The van der Waals surface area contributed by atoms with E-state index in [1.807, 2.05) is 0 Å². The summed E-state index contributed by atoms with van der Waals surface area (Å²) in [7, 11) is 0. The van der Waals surface area contributed by atoms with Crippen LogP contribution in [0.4, 0.5) is 4.39 Å². The molecule has 114 valence electrons. The van der Waals surface area contributed by atoms with E-state index in [-0.39, 0.29) is 0 Å². The lowest BCUT2D eigenvalue weighted by Crippen LogP contribution is -2.22. The number of benzene rings is 1. The smallest absolute Gasteiger partial charge is 0.300 e. The lowest BCUT2D eigenvalue weighted by Gasteiger charge is -2.12. The van der Waals surface area contributed by atoms with Crippen LogP contribution in [0.25, 0.3) is 0 Å². The summed E-state index contributed by atoms with van der Waals surface area (Å²) < 4.78 is 12.8. The molecule has 0 heterocycles. The van der Waals surface area contributed by atoms with E-state index < -0.39 is 23.6 Å². The van der Waals surface area contributed by atoms with Crippen molar-refractivity contribution in [1.82, 2.24) is 5.32 Å². The van der Waals surface area contributed by atoms with Crippen LogP contribution in [0.15, 0.2) is 18.2 Å². The number of carboxylic acid groups (broad SMARTS) is 1. The van der Waals surface area contributed by atoms with E-state index in [4.69, 9.17) is 15.0 Å². The summed E-state index contributed by atoms with van der Waals surface area (Å²) in [6, 6.07) is 3.88. The summed E-state index contributed by atoms with van der Waals surface area (Å²) in [6.45, 7) is 4.43. The molecule has 6 heteroatoms. The molecule has 0 aliphatic rings. The SMILES string of the molecule is CC(=O)O.CCCCNCC(O)c1ccc(F)c(O)c1. The maximum absolute atomic E-state index is 12.8. The molecule has 0 amide bonds. The van der Waals surface area contributed by atoms with Crippen molar-refractivity contribution >= 4 is 5.97 Å². The van der Waals surface area contributed by atoms with Gasteiger partial charge in [-0.1, -0.05) is 19.4 Å². The monoisotopic (exact) mass is 287 g/mol. The van der Waals surface area contributed by atoms with Gasteiger partial charge in [-0.05, 0) is 30.7 Å². The average Bonchev–Trinajstić information content (AvgIpc) is 2.37. The number of carbonyl (C=O) groups is 1. The Morgan fingerprint density at radius 2 is 2.05 bits per heavy atom. The fraction of sp³-hybridized carbons (Fsp3) is 0.500. The number of aromatic hydroxyl groups is 1. The average molecular weight is 287 g/mol. The molecule has 1 unspecified atom stereocenters. The first-order valence-electron chi connectivity index (χ1n) is 6.45. The first-order valence-corrected chi connectivity index (χ1v) is 6.45.